The Balaban J connectivity index is 1.32. The molecule has 166 valence electrons. The number of hydrogen-bond donors (Lipinski definition) is 2. The van der Waals surface area contributed by atoms with Crippen molar-refractivity contribution >= 4 is 17.5 Å². The van der Waals surface area contributed by atoms with Gasteiger partial charge < -0.3 is 10.6 Å². The smallest absolute Gasteiger partial charge is 0.253 e. The van der Waals surface area contributed by atoms with E-state index < -0.39 is 0 Å². The van der Waals surface area contributed by atoms with Crippen LogP contribution in [0.4, 0.5) is 5.69 Å². The molecule has 8 nitrogen and oxygen atoms in total. The molecule has 2 amide bonds. The molecule has 1 unspecified atom stereocenters. The largest absolute Gasteiger partial charge is 0.345 e. The fourth-order valence-electron chi connectivity index (χ4n) is 4.03. The highest BCUT2D eigenvalue weighted by molar-refractivity contribution is 6.04. The number of nitrogens with one attached hydrogen (secondary N) is 2. The molecule has 0 radical (unpaired) electrons. The van der Waals surface area contributed by atoms with Gasteiger partial charge in [0.2, 0.25) is 5.91 Å². The standard InChI is InChI=1S/C24H28N6O2/c1-18(19-7-3-2-4-8-19)27-24(32)21-9-5-6-10-22(21)28-23(31)15-29-13-11-20(12-14-29)30-17-25-16-26-30/h2-10,16-18,20H,11-15H2,1H3,(H,27,32)(H,28,31). The van der Waals surface area contributed by atoms with Crippen molar-refractivity contribution in [2.75, 3.05) is 25.0 Å². The van der Waals surface area contributed by atoms with Gasteiger partial charge >= 0.3 is 0 Å². The predicted octanol–water partition coefficient (Wildman–Crippen LogP) is 3.04. The summed E-state index contributed by atoms with van der Waals surface area (Å²) in [5.74, 6) is -0.341. The molecule has 4 rings (SSSR count). The first-order valence-corrected chi connectivity index (χ1v) is 10.9. The van der Waals surface area contributed by atoms with Crippen molar-refractivity contribution in [3.8, 4) is 0 Å². The Labute approximate surface area is 187 Å². The number of nitrogens with zero attached hydrogens (tertiary/aromatic N) is 4. The van der Waals surface area contributed by atoms with E-state index in [0.29, 0.717) is 23.8 Å². The summed E-state index contributed by atoms with van der Waals surface area (Å²) in [5, 5.41) is 10.2. The maximum atomic E-state index is 12.9. The predicted molar refractivity (Wildman–Crippen MR) is 122 cm³/mol. The number of para-hydroxylation sites is 1. The number of anilines is 1. The van der Waals surface area contributed by atoms with Crippen LogP contribution in [0.1, 0.15) is 47.8 Å². The summed E-state index contributed by atoms with van der Waals surface area (Å²) >= 11 is 0. The Morgan fingerprint density at radius 1 is 1.06 bits per heavy atom. The summed E-state index contributed by atoms with van der Waals surface area (Å²) in [4.78, 5) is 31.7. The van der Waals surface area contributed by atoms with Crippen molar-refractivity contribution < 1.29 is 9.59 Å². The monoisotopic (exact) mass is 432 g/mol. The fourth-order valence-corrected chi connectivity index (χ4v) is 4.03. The molecular weight excluding hydrogens is 404 g/mol. The van der Waals surface area contributed by atoms with Gasteiger partial charge in [0.25, 0.3) is 5.91 Å². The van der Waals surface area contributed by atoms with Gasteiger partial charge in [-0.1, -0.05) is 42.5 Å². The van der Waals surface area contributed by atoms with Crippen molar-refractivity contribution in [3.63, 3.8) is 0 Å². The topological polar surface area (TPSA) is 92.2 Å². The molecule has 1 aliphatic rings. The van der Waals surface area contributed by atoms with Crippen LogP contribution in [0.15, 0.2) is 67.3 Å². The summed E-state index contributed by atoms with van der Waals surface area (Å²) in [6, 6.07) is 17.1. The zero-order valence-corrected chi connectivity index (χ0v) is 18.1. The fraction of sp³-hybridized carbons (Fsp3) is 0.333. The van der Waals surface area contributed by atoms with Crippen LogP contribution in [0.25, 0.3) is 0 Å². The molecule has 0 bridgehead atoms. The normalized spacial score (nSPS) is 15.8. The second-order valence-electron chi connectivity index (χ2n) is 8.08. The van der Waals surface area contributed by atoms with Crippen molar-refractivity contribution in [2.45, 2.75) is 31.8 Å². The number of benzene rings is 2. The SMILES string of the molecule is CC(NC(=O)c1ccccc1NC(=O)CN1CCC(n2cncn2)CC1)c1ccccc1. The molecule has 1 fully saturated rings. The molecule has 3 aromatic rings. The van der Waals surface area contributed by atoms with Crippen LogP contribution in [0.2, 0.25) is 0 Å². The third-order valence-corrected chi connectivity index (χ3v) is 5.83. The number of aromatic nitrogens is 3. The third-order valence-electron chi connectivity index (χ3n) is 5.83. The first-order chi connectivity index (χ1) is 15.6. The molecule has 0 aliphatic carbocycles. The van der Waals surface area contributed by atoms with E-state index in [-0.39, 0.29) is 17.9 Å². The van der Waals surface area contributed by atoms with E-state index in [4.69, 9.17) is 0 Å². The summed E-state index contributed by atoms with van der Waals surface area (Å²) in [5.41, 5.74) is 2.00. The van der Waals surface area contributed by atoms with Gasteiger partial charge in [-0.25, -0.2) is 9.67 Å². The lowest BCUT2D eigenvalue weighted by atomic mass is 10.1. The number of carbonyl (C=O) groups excluding carboxylic acids is 2. The maximum absolute atomic E-state index is 12.9. The van der Waals surface area contributed by atoms with E-state index in [1.807, 2.05) is 48.0 Å². The van der Waals surface area contributed by atoms with Gasteiger partial charge in [-0.15, -0.1) is 0 Å². The minimum atomic E-state index is -0.217. The molecule has 32 heavy (non-hydrogen) atoms. The quantitative estimate of drug-likeness (QED) is 0.599. The Morgan fingerprint density at radius 3 is 2.50 bits per heavy atom. The number of likely N-dealkylation sites (tertiary alicyclic amines) is 1. The van der Waals surface area contributed by atoms with Gasteiger partial charge in [0.1, 0.15) is 12.7 Å². The molecule has 2 N–H and O–H groups in total. The second-order valence-corrected chi connectivity index (χ2v) is 8.08. The van der Waals surface area contributed by atoms with Crippen LogP contribution in [0, 0.1) is 0 Å². The molecule has 0 spiro atoms. The zero-order chi connectivity index (χ0) is 22.3. The number of piperidine rings is 1. The third kappa shape index (κ3) is 5.39. The van der Waals surface area contributed by atoms with Gasteiger partial charge in [-0.05, 0) is 37.5 Å². The first-order valence-electron chi connectivity index (χ1n) is 10.9. The second kappa shape index (κ2) is 10.2. The Morgan fingerprint density at radius 2 is 1.78 bits per heavy atom. The van der Waals surface area contributed by atoms with Crippen molar-refractivity contribution in [1.82, 2.24) is 25.0 Å². The van der Waals surface area contributed by atoms with E-state index in [1.165, 1.54) is 0 Å². The van der Waals surface area contributed by atoms with Gasteiger partial charge in [-0.3, -0.25) is 14.5 Å². The van der Waals surface area contributed by atoms with Crippen LogP contribution < -0.4 is 10.6 Å². The lowest BCUT2D eigenvalue weighted by molar-refractivity contribution is -0.117. The molecule has 2 aromatic carbocycles. The van der Waals surface area contributed by atoms with Crippen LogP contribution in [-0.2, 0) is 4.79 Å². The van der Waals surface area contributed by atoms with Crippen molar-refractivity contribution in [3.05, 3.63) is 78.4 Å². The molecule has 1 saturated heterocycles. The van der Waals surface area contributed by atoms with Gasteiger partial charge in [-0.2, -0.15) is 5.10 Å². The first kappa shape index (κ1) is 21.7. The highest BCUT2D eigenvalue weighted by Crippen LogP contribution is 2.22. The number of rotatable bonds is 7. The lowest BCUT2D eigenvalue weighted by Crippen LogP contribution is -2.40. The Hall–Kier alpha value is -3.52. The minimum absolute atomic E-state index is 0.124. The summed E-state index contributed by atoms with van der Waals surface area (Å²) < 4.78 is 1.89. The highest BCUT2D eigenvalue weighted by atomic mass is 16.2. The van der Waals surface area contributed by atoms with E-state index in [0.717, 1.165) is 31.5 Å². The van der Waals surface area contributed by atoms with Gasteiger partial charge in [0.05, 0.1) is 29.9 Å². The van der Waals surface area contributed by atoms with Gasteiger partial charge in [0, 0.05) is 13.1 Å². The molecule has 1 atom stereocenters. The average Bonchev–Trinajstić information content (AvgIpc) is 3.35. The maximum Gasteiger partial charge on any atom is 0.253 e. The molecule has 0 saturated carbocycles. The molecule has 8 heteroatoms. The van der Waals surface area contributed by atoms with Crippen LogP contribution in [0.3, 0.4) is 0 Å². The summed E-state index contributed by atoms with van der Waals surface area (Å²) in [7, 11) is 0. The number of hydrogen-bond acceptors (Lipinski definition) is 5. The molecule has 1 aliphatic heterocycles. The lowest BCUT2D eigenvalue weighted by Gasteiger charge is -2.31. The van der Waals surface area contributed by atoms with E-state index >= 15 is 0 Å². The molecule has 1 aromatic heterocycles. The number of amides is 2. The van der Waals surface area contributed by atoms with Crippen molar-refractivity contribution in [1.29, 1.82) is 0 Å². The van der Waals surface area contributed by atoms with Crippen LogP contribution in [-0.4, -0.2) is 51.1 Å². The van der Waals surface area contributed by atoms with E-state index in [2.05, 4.69) is 25.6 Å². The number of carbonyl (C=O) groups is 2. The zero-order valence-electron chi connectivity index (χ0n) is 18.1. The minimum Gasteiger partial charge on any atom is -0.345 e. The average molecular weight is 433 g/mol. The van der Waals surface area contributed by atoms with E-state index in [1.54, 1.807) is 30.9 Å². The molecule has 2 heterocycles. The summed E-state index contributed by atoms with van der Waals surface area (Å²) in [6.07, 6.45) is 5.14. The van der Waals surface area contributed by atoms with Crippen molar-refractivity contribution in [2.24, 2.45) is 0 Å². The van der Waals surface area contributed by atoms with Gasteiger partial charge in [0.15, 0.2) is 0 Å². The summed E-state index contributed by atoms with van der Waals surface area (Å²) in [6.45, 7) is 3.86. The van der Waals surface area contributed by atoms with Crippen LogP contribution in [0.5, 0.6) is 0 Å². The Kier molecular flexibility index (Phi) is 6.91. The Bertz CT molecular complexity index is 1030. The van der Waals surface area contributed by atoms with Crippen LogP contribution >= 0.6 is 0 Å². The molecular formula is C24H28N6O2. The van der Waals surface area contributed by atoms with E-state index in [9.17, 15) is 9.59 Å². The highest BCUT2D eigenvalue weighted by Gasteiger charge is 2.23.